The molecule has 0 aromatic heterocycles. The predicted octanol–water partition coefficient (Wildman–Crippen LogP) is 4.38. The van der Waals surface area contributed by atoms with Gasteiger partial charge in [-0.25, -0.2) is 4.79 Å². The summed E-state index contributed by atoms with van der Waals surface area (Å²) in [5.74, 6) is 0.777. The number of para-hydroxylation sites is 1. The number of carbonyl (C=O) groups is 1. The third-order valence-corrected chi connectivity index (χ3v) is 6.75. The van der Waals surface area contributed by atoms with Gasteiger partial charge in [0, 0.05) is 56.4 Å². The molecule has 5 heteroatoms. The van der Waals surface area contributed by atoms with Crippen molar-refractivity contribution in [2.45, 2.75) is 70.6 Å². The molecule has 0 N–H and O–H groups in total. The number of rotatable bonds is 3. The van der Waals surface area contributed by atoms with Crippen molar-refractivity contribution in [3.63, 3.8) is 0 Å². The van der Waals surface area contributed by atoms with Crippen LogP contribution in [0.5, 0.6) is 0 Å². The highest BCUT2D eigenvalue weighted by molar-refractivity contribution is 5.68. The van der Waals surface area contributed by atoms with Gasteiger partial charge in [0.25, 0.3) is 0 Å². The molecule has 1 unspecified atom stereocenters. The average molecular weight is 400 g/mol. The second kappa shape index (κ2) is 8.55. The van der Waals surface area contributed by atoms with Gasteiger partial charge in [-0.05, 0) is 65.0 Å². The van der Waals surface area contributed by atoms with Crippen LogP contribution in [0, 0.1) is 5.92 Å². The van der Waals surface area contributed by atoms with Gasteiger partial charge in [-0.2, -0.15) is 0 Å². The number of benzene rings is 1. The Balaban J connectivity index is 1.26. The highest BCUT2D eigenvalue weighted by Gasteiger charge is 2.41. The van der Waals surface area contributed by atoms with Gasteiger partial charge in [-0.15, -0.1) is 0 Å². The summed E-state index contributed by atoms with van der Waals surface area (Å²) in [4.78, 5) is 19.5. The normalized spacial score (nSPS) is 25.0. The number of ether oxygens (including phenoxy) is 1. The summed E-state index contributed by atoms with van der Waals surface area (Å²) in [5, 5.41) is 0. The summed E-state index contributed by atoms with van der Waals surface area (Å²) < 4.78 is 5.53. The van der Waals surface area contributed by atoms with E-state index in [1.54, 1.807) is 0 Å². The zero-order valence-corrected chi connectivity index (χ0v) is 18.3. The largest absolute Gasteiger partial charge is 0.444 e. The van der Waals surface area contributed by atoms with Crippen LogP contribution in [0.4, 0.5) is 10.5 Å². The van der Waals surface area contributed by atoms with E-state index in [9.17, 15) is 4.79 Å². The van der Waals surface area contributed by atoms with Gasteiger partial charge in [0.15, 0.2) is 0 Å². The van der Waals surface area contributed by atoms with Crippen LogP contribution >= 0.6 is 0 Å². The lowest BCUT2D eigenvalue weighted by Gasteiger charge is -2.53. The summed E-state index contributed by atoms with van der Waals surface area (Å²) in [5.41, 5.74) is 0.977. The first-order valence-electron chi connectivity index (χ1n) is 11.4. The Labute approximate surface area is 176 Å². The molecule has 1 aromatic carbocycles. The molecule has 1 amide bonds. The Bertz CT molecular complexity index is 673. The number of likely N-dealkylation sites (tertiary alicyclic amines) is 2. The second-order valence-corrected chi connectivity index (χ2v) is 10.0. The number of nitrogens with zero attached hydrogens (tertiary/aromatic N) is 3. The monoisotopic (exact) mass is 399 g/mol. The Morgan fingerprint density at radius 3 is 2.31 bits per heavy atom. The van der Waals surface area contributed by atoms with Gasteiger partial charge in [0.2, 0.25) is 0 Å². The van der Waals surface area contributed by atoms with Crippen molar-refractivity contribution in [2.24, 2.45) is 5.92 Å². The highest BCUT2D eigenvalue weighted by atomic mass is 16.6. The fraction of sp³-hybridized carbons (Fsp3) is 0.708. The zero-order chi connectivity index (χ0) is 20.4. The van der Waals surface area contributed by atoms with Crippen LogP contribution < -0.4 is 4.90 Å². The van der Waals surface area contributed by atoms with Crippen molar-refractivity contribution in [3.8, 4) is 0 Å². The highest BCUT2D eigenvalue weighted by Crippen LogP contribution is 2.35. The van der Waals surface area contributed by atoms with E-state index >= 15 is 0 Å². The van der Waals surface area contributed by atoms with E-state index in [1.807, 2.05) is 25.7 Å². The molecular weight excluding hydrogens is 362 g/mol. The molecule has 3 aliphatic heterocycles. The molecule has 3 saturated heterocycles. The van der Waals surface area contributed by atoms with Crippen molar-refractivity contribution in [2.75, 3.05) is 37.6 Å². The minimum Gasteiger partial charge on any atom is -0.444 e. The minimum atomic E-state index is -0.413. The zero-order valence-electron chi connectivity index (χ0n) is 18.3. The van der Waals surface area contributed by atoms with E-state index in [4.69, 9.17) is 4.74 Å². The van der Waals surface area contributed by atoms with Crippen LogP contribution in [0.25, 0.3) is 0 Å². The molecular formula is C24H37N3O2. The third kappa shape index (κ3) is 4.88. The maximum absolute atomic E-state index is 12.3. The van der Waals surface area contributed by atoms with Crippen LogP contribution in [-0.4, -0.2) is 66.3 Å². The quantitative estimate of drug-likeness (QED) is 0.756. The summed E-state index contributed by atoms with van der Waals surface area (Å²) in [6.07, 6.45) is 5.98. The summed E-state index contributed by atoms with van der Waals surface area (Å²) in [6.45, 7) is 11.1. The second-order valence-electron chi connectivity index (χ2n) is 10.0. The van der Waals surface area contributed by atoms with Gasteiger partial charge < -0.3 is 14.5 Å². The molecule has 160 valence electrons. The molecule has 0 bridgehead atoms. The Morgan fingerprint density at radius 1 is 0.966 bits per heavy atom. The molecule has 4 rings (SSSR count). The van der Waals surface area contributed by atoms with Crippen molar-refractivity contribution < 1.29 is 9.53 Å². The number of hydrogen-bond acceptors (Lipinski definition) is 4. The first-order valence-corrected chi connectivity index (χ1v) is 11.4. The standard InChI is InChI=1S/C24H37N3O2/c1-24(2,3)29-23(28)25-15-12-20(13-16-25)26-17-19(18-26)22-11-7-8-14-27(22)21-9-5-4-6-10-21/h4-6,9-10,19-20,22H,7-8,11-18H2,1-3H3. The van der Waals surface area contributed by atoms with Crippen LogP contribution in [0.1, 0.15) is 52.9 Å². The molecule has 1 atom stereocenters. The van der Waals surface area contributed by atoms with E-state index in [1.165, 1.54) is 44.6 Å². The van der Waals surface area contributed by atoms with Gasteiger partial charge in [0.05, 0.1) is 0 Å². The lowest BCUT2D eigenvalue weighted by molar-refractivity contribution is -0.00918. The van der Waals surface area contributed by atoms with Gasteiger partial charge in [-0.3, -0.25) is 4.90 Å². The first kappa shape index (κ1) is 20.5. The SMILES string of the molecule is CC(C)(C)OC(=O)N1CCC(N2CC(C3CCCCN3c3ccccc3)C2)CC1. The molecule has 1 aromatic rings. The molecule has 3 aliphatic rings. The number of amides is 1. The van der Waals surface area contributed by atoms with Gasteiger partial charge in [0.1, 0.15) is 5.60 Å². The minimum absolute atomic E-state index is 0.154. The number of piperidine rings is 2. The maximum Gasteiger partial charge on any atom is 0.410 e. The van der Waals surface area contributed by atoms with Crippen molar-refractivity contribution in [3.05, 3.63) is 30.3 Å². The van der Waals surface area contributed by atoms with Crippen LogP contribution in [-0.2, 0) is 4.74 Å². The predicted molar refractivity (Wildman–Crippen MR) is 117 cm³/mol. The molecule has 3 fully saturated rings. The Kier molecular flexibility index (Phi) is 6.05. The van der Waals surface area contributed by atoms with Crippen LogP contribution in [0.2, 0.25) is 0 Å². The Hall–Kier alpha value is -1.75. The number of carbonyl (C=O) groups excluding carboxylic acids is 1. The van der Waals surface area contributed by atoms with Crippen LogP contribution in [0.3, 0.4) is 0 Å². The van der Waals surface area contributed by atoms with E-state index in [0.29, 0.717) is 12.1 Å². The van der Waals surface area contributed by atoms with Crippen molar-refractivity contribution in [1.82, 2.24) is 9.80 Å². The third-order valence-electron chi connectivity index (χ3n) is 6.75. The first-order chi connectivity index (χ1) is 13.9. The molecule has 3 heterocycles. The fourth-order valence-corrected chi connectivity index (χ4v) is 5.22. The molecule has 0 aliphatic carbocycles. The lowest BCUT2D eigenvalue weighted by atomic mass is 9.82. The molecule has 0 saturated carbocycles. The molecule has 0 radical (unpaired) electrons. The smallest absolute Gasteiger partial charge is 0.410 e. The van der Waals surface area contributed by atoms with Gasteiger partial charge in [-0.1, -0.05) is 18.2 Å². The number of hydrogen-bond donors (Lipinski definition) is 0. The van der Waals surface area contributed by atoms with E-state index in [2.05, 4.69) is 40.1 Å². The maximum atomic E-state index is 12.3. The van der Waals surface area contributed by atoms with E-state index < -0.39 is 5.60 Å². The molecule has 5 nitrogen and oxygen atoms in total. The van der Waals surface area contributed by atoms with Crippen molar-refractivity contribution >= 4 is 11.8 Å². The van der Waals surface area contributed by atoms with E-state index in [0.717, 1.165) is 31.8 Å². The fourth-order valence-electron chi connectivity index (χ4n) is 5.22. The van der Waals surface area contributed by atoms with Crippen LogP contribution in [0.15, 0.2) is 30.3 Å². The summed E-state index contributed by atoms with van der Waals surface area (Å²) in [6, 6.07) is 12.3. The topological polar surface area (TPSA) is 36.0 Å². The lowest BCUT2D eigenvalue weighted by Crippen LogP contribution is -2.62. The summed E-state index contributed by atoms with van der Waals surface area (Å²) in [7, 11) is 0. The molecule has 0 spiro atoms. The van der Waals surface area contributed by atoms with E-state index in [-0.39, 0.29) is 6.09 Å². The summed E-state index contributed by atoms with van der Waals surface area (Å²) >= 11 is 0. The van der Waals surface area contributed by atoms with Crippen molar-refractivity contribution in [1.29, 1.82) is 0 Å². The number of anilines is 1. The Morgan fingerprint density at radius 2 is 1.66 bits per heavy atom. The molecule has 29 heavy (non-hydrogen) atoms. The average Bonchev–Trinajstić information content (AvgIpc) is 2.67. The van der Waals surface area contributed by atoms with Gasteiger partial charge >= 0.3 is 6.09 Å².